The summed E-state index contributed by atoms with van der Waals surface area (Å²) in [4.78, 5) is 11.7. The number of carboxylic acids is 1. The Morgan fingerprint density at radius 3 is 2.96 bits per heavy atom. The molecule has 0 radical (unpaired) electrons. The van der Waals surface area contributed by atoms with Gasteiger partial charge in [0.25, 0.3) is 0 Å². The van der Waals surface area contributed by atoms with Gasteiger partial charge in [-0.05, 0) is 55.2 Å². The standard InChI is InChI=1S/C18H19NO3S/c1-18(2)10-12(6-8-22-18)11-3-4-13-14(5-7-19)16(17(20)21)23-15(13)9-11/h3-4,9,12H,5-6,8,10H2,1-2H3,(H,20,21). The average molecular weight is 329 g/mol. The van der Waals surface area contributed by atoms with Gasteiger partial charge in [-0.2, -0.15) is 5.26 Å². The first-order chi connectivity index (χ1) is 10.9. The molecule has 5 heteroatoms. The van der Waals surface area contributed by atoms with Crippen LogP contribution in [0.25, 0.3) is 10.1 Å². The van der Waals surface area contributed by atoms with Crippen LogP contribution in [0.1, 0.15) is 53.4 Å². The summed E-state index contributed by atoms with van der Waals surface area (Å²) >= 11 is 1.27. The fourth-order valence-electron chi connectivity index (χ4n) is 3.36. The van der Waals surface area contributed by atoms with Gasteiger partial charge in [0, 0.05) is 11.3 Å². The van der Waals surface area contributed by atoms with Crippen molar-refractivity contribution in [3.63, 3.8) is 0 Å². The molecule has 1 saturated heterocycles. The predicted molar refractivity (Wildman–Crippen MR) is 90.1 cm³/mol. The average Bonchev–Trinajstić information content (AvgIpc) is 2.85. The number of nitrogens with zero attached hydrogens (tertiary/aromatic N) is 1. The second kappa shape index (κ2) is 5.95. The van der Waals surface area contributed by atoms with E-state index in [9.17, 15) is 9.90 Å². The molecule has 1 atom stereocenters. The summed E-state index contributed by atoms with van der Waals surface area (Å²) in [5.74, 6) is -0.525. The van der Waals surface area contributed by atoms with Gasteiger partial charge in [-0.25, -0.2) is 4.79 Å². The second-order valence-electron chi connectivity index (χ2n) is 6.60. The SMILES string of the molecule is CC1(C)CC(c2ccc3c(CC#N)c(C(=O)O)sc3c2)CCO1. The van der Waals surface area contributed by atoms with Crippen molar-refractivity contribution in [2.24, 2.45) is 0 Å². The Bertz CT molecular complexity index is 800. The number of thiophene rings is 1. The molecule has 1 unspecified atom stereocenters. The van der Waals surface area contributed by atoms with Gasteiger partial charge in [0.1, 0.15) is 4.88 Å². The van der Waals surface area contributed by atoms with Crippen molar-refractivity contribution in [1.82, 2.24) is 0 Å². The molecule has 0 bridgehead atoms. The minimum atomic E-state index is -0.954. The number of ether oxygens (including phenoxy) is 1. The number of rotatable bonds is 3. The van der Waals surface area contributed by atoms with Crippen molar-refractivity contribution < 1.29 is 14.6 Å². The van der Waals surface area contributed by atoms with E-state index in [-0.39, 0.29) is 16.9 Å². The zero-order chi connectivity index (χ0) is 16.6. The van der Waals surface area contributed by atoms with Crippen LogP contribution in [0.5, 0.6) is 0 Å². The molecular formula is C18H19NO3S. The van der Waals surface area contributed by atoms with Crippen LogP contribution in [0, 0.1) is 11.3 Å². The Morgan fingerprint density at radius 2 is 2.30 bits per heavy atom. The third-order valence-electron chi connectivity index (χ3n) is 4.44. The zero-order valence-electron chi connectivity index (χ0n) is 13.3. The molecule has 0 saturated carbocycles. The van der Waals surface area contributed by atoms with Gasteiger partial charge < -0.3 is 9.84 Å². The summed E-state index contributed by atoms with van der Waals surface area (Å²) in [6.45, 7) is 4.97. The van der Waals surface area contributed by atoms with Gasteiger partial charge in [0.2, 0.25) is 0 Å². The first-order valence-electron chi connectivity index (χ1n) is 7.71. The molecule has 0 spiro atoms. The van der Waals surface area contributed by atoms with E-state index in [1.54, 1.807) is 0 Å². The van der Waals surface area contributed by atoms with Crippen molar-refractivity contribution in [1.29, 1.82) is 5.26 Å². The molecule has 0 amide bonds. The van der Waals surface area contributed by atoms with Gasteiger partial charge >= 0.3 is 5.97 Å². The van der Waals surface area contributed by atoms with Crippen LogP contribution in [0.3, 0.4) is 0 Å². The first kappa shape index (κ1) is 16.0. The van der Waals surface area contributed by atoms with E-state index in [2.05, 4.69) is 32.0 Å². The number of carbonyl (C=O) groups is 1. The molecule has 2 heterocycles. The van der Waals surface area contributed by atoms with Crippen molar-refractivity contribution in [3.05, 3.63) is 34.2 Å². The Morgan fingerprint density at radius 1 is 1.52 bits per heavy atom. The highest BCUT2D eigenvalue weighted by Gasteiger charge is 2.30. The molecule has 1 N–H and O–H groups in total. The maximum Gasteiger partial charge on any atom is 0.346 e. The van der Waals surface area contributed by atoms with Crippen LogP contribution in [0.15, 0.2) is 18.2 Å². The maximum atomic E-state index is 11.4. The zero-order valence-corrected chi connectivity index (χ0v) is 14.1. The minimum Gasteiger partial charge on any atom is -0.477 e. The third kappa shape index (κ3) is 3.10. The number of hydrogen-bond acceptors (Lipinski definition) is 4. The lowest BCUT2D eigenvalue weighted by atomic mass is 9.83. The molecule has 1 fully saturated rings. The fraction of sp³-hybridized carbons (Fsp3) is 0.444. The summed E-state index contributed by atoms with van der Waals surface area (Å²) < 4.78 is 6.73. The molecule has 23 heavy (non-hydrogen) atoms. The second-order valence-corrected chi connectivity index (χ2v) is 7.66. The number of nitriles is 1. The Labute approximate surface area is 139 Å². The summed E-state index contributed by atoms with van der Waals surface area (Å²) in [5, 5.41) is 19.2. The Balaban J connectivity index is 2.03. The lowest BCUT2D eigenvalue weighted by Gasteiger charge is -2.35. The molecule has 4 nitrogen and oxygen atoms in total. The number of hydrogen-bond donors (Lipinski definition) is 1. The molecule has 120 valence electrons. The van der Waals surface area contributed by atoms with Crippen molar-refractivity contribution in [2.45, 2.75) is 44.6 Å². The summed E-state index contributed by atoms with van der Waals surface area (Å²) in [6, 6.07) is 8.22. The summed E-state index contributed by atoms with van der Waals surface area (Å²) in [7, 11) is 0. The number of aromatic carboxylic acids is 1. The Hall–Kier alpha value is -1.90. The lowest BCUT2D eigenvalue weighted by molar-refractivity contribution is -0.0592. The van der Waals surface area contributed by atoms with E-state index in [1.165, 1.54) is 16.9 Å². The van der Waals surface area contributed by atoms with E-state index in [0.29, 0.717) is 11.5 Å². The van der Waals surface area contributed by atoms with Crippen molar-refractivity contribution >= 4 is 27.4 Å². The monoisotopic (exact) mass is 329 g/mol. The van der Waals surface area contributed by atoms with E-state index >= 15 is 0 Å². The molecule has 1 aliphatic rings. The van der Waals surface area contributed by atoms with Crippen molar-refractivity contribution in [3.8, 4) is 6.07 Å². The molecular weight excluding hydrogens is 310 g/mol. The van der Waals surface area contributed by atoms with Crippen LogP contribution in [0.2, 0.25) is 0 Å². The lowest BCUT2D eigenvalue weighted by Crippen LogP contribution is -2.32. The molecule has 1 aliphatic heterocycles. The molecule has 3 rings (SSSR count). The largest absolute Gasteiger partial charge is 0.477 e. The van der Waals surface area contributed by atoms with E-state index in [4.69, 9.17) is 10.00 Å². The minimum absolute atomic E-state index is 0.120. The van der Waals surface area contributed by atoms with Gasteiger partial charge in [-0.15, -0.1) is 11.3 Å². The fourth-order valence-corrected chi connectivity index (χ4v) is 4.47. The normalized spacial score (nSPS) is 20.3. The van der Waals surface area contributed by atoms with Gasteiger partial charge in [0.05, 0.1) is 18.1 Å². The molecule has 0 aliphatic carbocycles. The highest BCUT2D eigenvalue weighted by atomic mass is 32.1. The highest BCUT2D eigenvalue weighted by molar-refractivity contribution is 7.21. The molecule has 1 aromatic carbocycles. The predicted octanol–water partition coefficient (Wildman–Crippen LogP) is 4.34. The van der Waals surface area contributed by atoms with Gasteiger partial charge in [0.15, 0.2) is 0 Å². The molecule has 2 aromatic rings. The Kier molecular flexibility index (Phi) is 4.13. The number of fused-ring (bicyclic) bond motifs is 1. The van der Waals surface area contributed by atoms with E-state index in [1.807, 2.05) is 6.07 Å². The third-order valence-corrected chi connectivity index (χ3v) is 5.62. The smallest absolute Gasteiger partial charge is 0.346 e. The first-order valence-corrected chi connectivity index (χ1v) is 8.52. The quantitative estimate of drug-likeness (QED) is 0.909. The van der Waals surface area contributed by atoms with Crippen LogP contribution < -0.4 is 0 Å². The van der Waals surface area contributed by atoms with Gasteiger partial charge in [-0.1, -0.05) is 12.1 Å². The van der Waals surface area contributed by atoms with Crippen LogP contribution in [0.4, 0.5) is 0 Å². The summed E-state index contributed by atoms with van der Waals surface area (Å²) in [6.07, 6.45) is 2.07. The van der Waals surface area contributed by atoms with Crippen LogP contribution in [-0.2, 0) is 11.2 Å². The van der Waals surface area contributed by atoms with E-state index < -0.39 is 5.97 Å². The topological polar surface area (TPSA) is 70.3 Å². The number of carboxylic acid groups (broad SMARTS) is 1. The van der Waals surface area contributed by atoms with E-state index in [0.717, 1.165) is 29.5 Å². The van der Waals surface area contributed by atoms with Crippen LogP contribution >= 0.6 is 11.3 Å². The van der Waals surface area contributed by atoms with Gasteiger partial charge in [-0.3, -0.25) is 0 Å². The van der Waals surface area contributed by atoms with Crippen molar-refractivity contribution in [2.75, 3.05) is 6.61 Å². The van der Waals surface area contributed by atoms with Crippen LogP contribution in [-0.4, -0.2) is 23.3 Å². The number of benzene rings is 1. The summed E-state index contributed by atoms with van der Waals surface area (Å²) in [5.41, 5.74) is 1.75. The maximum absolute atomic E-state index is 11.4. The highest BCUT2D eigenvalue weighted by Crippen LogP contribution is 2.39. The molecule has 1 aromatic heterocycles.